The fraction of sp³-hybridized carbons (Fsp3) is 0.188. The standard InChI is InChI=1S/C16H15FN2O3S/c17-11-3-5-12(6-4-11)19-16(20)15-9-14(15)10-1-7-13(8-2-10)23(18,21)22/h1-8,14-15H,9H2,(H,19,20)(H2,18,21,22)/t14-,15+/m1/s1. The number of carbonyl (C=O) groups excluding carboxylic acids is 1. The summed E-state index contributed by atoms with van der Waals surface area (Å²) in [4.78, 5) is 12.2. The maximum absolute atomic E-state index is 12.8. The Morgan fingerprint density at radius 1 is 1.09 bits per heavy atom. The highest BCUT2D eigenvalue weighted by Gasteiger charge is 2.43. The maximum Gasteiger partial charge on any atom is 0.238 e. The average Bonchev–Trinajstić information content (AvgIpc) is 3.29. The minimum Gasteiger partial charge on any atom is -0.326 e. The van der Waals surface area contributed by atoms with Gasteiger partial charge in [-0.3, -0.25) is 4.79 Å². The molecule has 1 saturated carbocycles. The monoisotopic (exact) mass is 334 g/mol. The Morgan fingerprint density at radius 2 is 1.70 bits per heavy atom. The van der Waals surface area contributed by atoms with Gasteiger partial charge in [0.05, 0.1) is 4.90 Å². The Labute approximate surface area is 133 Å². The van der Waals surface area contributed by atoms with Crippen molar-refractivity contribution in [1.82, 2.24) is 0 Å². The number of rotatable bonds is 4. The van der Waals surface area contributed by atoms with E-state index in [1.807, 2.05) is 0 Å². The van der Waals surface area contributed by atoms with E-state index in [0.29, 0.717) is 12.1 Å². The summed E-state index contributed by atoms with van der Waals surface area (Å²) in [5, 5.41) is 7.80. The second-order valence-corrected chi connectivity index (χ2v) is 7.12. The topological polar surface area (TPSA) is 89.3 Å². The van der Waals surface area contributed by atoms with Crippen LogP contribution in [-0.2, 0) is 14.8 Å². The molecule has 0 heterocycles. The molecule has 0 saturated heterocycles. The van der Waals surface area contributed by atoms with Crippen LogP contribution in [0.15, 0.2) is 53.4 Å². The number of anilines is 1. The highest BCUT2D eigenvalue weighted by Crippen LogP contribution is 2.48. The van der Waals surface area contributed by atoms with Gasteiger partial charge >= 0.3 is 0 Å². The predicted molar refractivity (Wildman–Crippen MR) is 83.7 cm³/mol. The van der Waals surface area contributed by atoms with Gasteiger partial charge in [0.1, 0.15) is 5.82 Å². The second-order valence-electron chi connectivity index (χ2n) is 5.56. The van der Waals surface area contributed by atoms with Gasteiger partial charge in [0.15, 0.2) is 0 Å². The lowest BCUT2D eigenvalue weighted by Crippen LogP contribution is -2.14. The molecule has 1 aliphatic rings. The van der Waals surface area contributed by atoms with Crippen molar-refractivity contribution in [1.29, 1.82) is 0 Å². The lowest BCUT2D eigenvalue weighted by Gasteiger charge is -2.05. The number of carbonyl (C=O) groups is 1. The Balaban J connectivity index is 1.64. The van der Waals surface area contributed by atoms with Gasteiger partial charge in [0.25, 0.3) is 0 Å². The summed E-state index contributed by atoms with van der Waals surface area (Å²) < 4.78 is 35.3. The molecule has 1 fully saturated rings. The van der Waals surface area contributed by atoms with Gasteiger partial charge in [-0.25, -0.2) is 17.9 Å². The van der Waals surface area contributed by atoms with E-state index in [1.165, 1.54) is 36.4 Å². The SMILES string of the molecule is NS(=O)(=O)c1ccc([C@H]2C[C@@H]2C(=O)Nc2ccc(F)cc2)cc1. The average molecular weight is 334 g/mol. The van der Waals surface area contributed by atoms with Crippen molar-refractivity contribution in [3.8, 4) is 0 Å². The molecule has 2 atom stereocenters. The molecule has 0 bridgehead atoms. The van der Waals surface area contributed by atoms with E-state index in [-0.39, 0.29) is 28.5 Å². The van der Waals surface area contributed by atoms with Crippen molar-refractivity contribution in [3.63, 3.8) is 0 Å². The van der Waals surface area contributed by atoms with Gasteiger partial charge in [-0.2, -0.15) is 0 Å². The van der Waals surface area contributed by atoms with Crippen LogP contribution in [-0.4, -0.2) is 14.3 Å². The fourth-order valence-corrected chi connectivity index (χ4v) is 3.04. The van der Waals surface area contributed by atoms with Gasteiger partial charge in [-0.1, -0.05) is 12.1 Å². The zero-order valence-electron chi connectivity index (χ0n) is 12.1. The van der Waals surface area contributed by atoms with Crippen molar-refractivity contribution >= 4 is 21.6 Å². The molecular formula is C16H15FN2O3S. The summed E-state index contributed by atoms with van der Waals surface area (Å²) in [7, 11) is -3.71. The first-order valence-electron chi connectivity index (χ1n) is 7.04. The zero-order chi connectivity index (χ0) is 16.6. The summed E-state index contributed by atoms with van der Waals surface area (Å²) >= 11 is 0. The Morgan fingerprint density at radius 3 is 2.26 bits per heavy atom. The number of hydrogen-bond donors (Lipinski definition) is 2. The number of sulfonamides is 1. The predicted octanol–water partition coefficient (Wildman–Crippen LogP) is 2.22. The molecule has 0 unspecified atom stereocenters. The van der Waals surface area contributed by atoms with Gasteiger partial charge in [0.2, 0.25) is 15.9 Å². The normalized spacial score (nSPS) is 20.1. The molecule has 2 aromatic rings. The lowest BCUT2D eigenvalue weighted by molar-refractivity contribution is -0.117. The highest BCUT2D eigenvalue weighted by molar-refractivity contribution is 7.89. The summed E-state index contributed by atoms with van der Waals surface area (Å²) in [6.07, 6.45) is 0.696. The highest BCUT2D eigenvalue weighted by atomic mass is 32.2. The van der Waals surface area contributed by atoms with Crippen LogP contribution in [0.5, 0.6) is 0 Å². The van der Waals surface area contributed by atoms with Crippen LogP contribution in [0.4, 0.5) is 10.1 Å². The third-order valence-corrected chi connectivity index (χ3v) is 4.80. The molecule has 1 amide bonds. The van der Waals surface area contributed by atoms with E-state index in [0.717, 1.165) is 5.56 Å². The number of halogens is 1. The van der Waals surface area contributed by atoms with Crippen molar-refractivity contribution in [3.05, 3.63) is 59.9 Å². The minimum atomic E-state index is -3.71. The van der Waals surface area contributed by atoms with Crippen LogP contribution < -0.4 is 10.5 Å². The largest absolute Gasteiger partial charge is 0.326 e. The number of hydrogen-bond acceptors (Lipinski definition) is 3. The van der Waals surface area contributed by atoms with Crippen LogP contribution in [0.2, 0.25) is 0 Å². The molecule has 1 aliphatic carbocycles. The number of amides is 1. The molecule has 3 rings (SSSR count). The summed E-state index contributed by atoms with van der Waals surface area (Å²) in [5.41, 5.74) is 1.45. The smallest absolute Gasteiger partial charge is 0.238 e. The van der Waals surface area contributed by atoms with Gasteiger partial charge in [-0.15, -0.1) is 0 Å². The van der Waals surface area contributed by atoms with Crippen LogP contribution >= 0.6 is 0 Å². The lowest BCUT2D eigenvalue weighted by atomic mass is 10.1. The molecule has 5 nitrogen and oxygen atoms in total. The van der Waals surface area contributed by atoms with E-state index < -0.39 is 10.0 Å². The van der Waals surface area contributed by atoms with Crippen LogP contribution in [0, 0.1) is 11.7 Å². The van der Waals surface area contributed by atoms with Gasteiger partial charge < -0.3 is 5.32 Å². The van der Waals surface area contributed by atoms with Crippen LogP contribution in [0.3, 0.4) is 0 Å². The van der Waals surface area contributed by atoms with Crippen molar-refractivity contribution in [2.24, 2.45) is 11.1 Å². The molecule has 0 spiro atoms. The second kappa shape index (κ2) is 5.75. The summed E-state index contributed by atoms with van der Waals surface area (Å²) in [5.74, 6) is -0.593. The number of nitrogens with one attached hydrogen (secondary N) is 1. The maximum atomic E-state index is 12.8. The number of nitrogens with two attached hydrogens (primary N) is 1. The van der Waals surface area contributed by atoms with Crippen molar-refractivity contribution in [2.45, 2.75) is 17.2 Å². The molecule has 2 aromatic carbocycles. The Bertz CT molecular complexity index is 833. The molecule has 23 heavy (non-hydrogen) atoms. The third-order valence-electron chi connectivity index (χ3n) is 3.88. The number of benzene rings is 2. The minimum absolute atomic E-state index is 0.0502. The first-order valence-corrected chi connectivity index (χ1v) is 8.58. The number of primary sulfonamides is 1. The van der Waals surface area contributed by atoms with E-state index >= 15 is 0 Å². The quantitative estimate of drug-likeness (QED) is 0.898. The van der Waals surface area contributed by atoms with Crippen molar-refractivity contribution < 1.29 is 17.6 Å². The molecule has 120 valence electrons. The fourth-order valence-electron chi connectivity index (χ4n) is 2.53. The summed E-state index contributed by atoms with van der Waals surface area (Å²) in [6, 6.07) is 11.8. The first-order chi connectivity index (χ1) is 10.8. The van der Waals surface area contributed by atoms with Gasteiger partial charge in [-0.05, 0) is 54.3 Å². The molecular weight excluding hydrogens is 319 g/mol. The molecule has 7 heteroatoms. The van der Waals surface area contributed by atoms with E-state index in [4.69, 9.17) is 5.14 Å². The van der Waals surface area contributed by atoms with Gasteiger partial charge in [0, 0.05) is 11.6 Å². The zero-order valence-corrected chi connectivity index (χ0v) is 12.9. The van der Waals surface area contributed by atoms with Crippen LogP contribution in [0.25, 0.3) is 0 Å². The third kappa shape index (κ3) is 3.57. The molecule has 0 aromatic heterocycles. The molecule has 0 radical (unpaired) electrons. The Hall–Kier alpha value is -2.25. The first kappa shape index (κ1) is 15.6. The van der Waals surface area contributed by atoms with Crippen molar-refractivity contribution in [2.75, 3.05) is 5.32 Å². The van der Waals surface area contributed by atoms with E-state index in [2.05, 4.69) is 5.32 Å². The molecule has 3 N–H and O–H groups in total. The van der Waals surface area contributed by atoms with E-state index in [1.54, 1.807) is 12.1 Å². The summed E-state index contributed by atoms with van der Waals surface area (Å²) in [6.45, 7) is 0. The van der Waals surface area contributed by atoms with Crippen LogP contribution in [0.1, 0.15) is 17.9 Å². The van der Waals surface area contributed by atoms with E-state index in [9.17, 15) is 17.6 Å². The molecule has 0 aliphatic heterocycles. The Kier molecular flexibility index (Phi) is 3.91.